The molecule has 0 spiro atoms. The van der Waals surface area contributed by atoms with Crippen molar-refractivity contribution >= 4 is 17.7 Å². The van der Waals surface area contributed by atoms with Crippen LogP contribution in [0.1, 0.15) is 0 Å². The van der Waals surface area contributed by atoms with E-state index in [1.807, 2.05) is 0 Å². The van der Waals surface area contributed by atoms with Gasteiger partial charge in [0.1, 0.15) is 5.25 Å². The van der Waals surface area contributed by atoms with E-state index < -0.39 is 46.2 Å². The molecule has 0 saturated heterocycles. The lowest BCUT2D eigenvalue weighted by Crippen LogP contribution is -2.26. The molecule has 1 aromatic heterocycles. The number of hydrogen-bond donors (Lipinski definition) is 2. The topological polar surface area (TPSA) is 76.2 Å². The number of carboxylic acid groups (broad SMARTS) is 1. The van der Waals surface area contributed by atoms with Gasteiger partial charge in [-0.25, -0.2) is 8.78 Å². The van der Waals surface area contributed by atoms with Crippen LogP contribution >= 0.6 is 11.8 Å². The number of carboxylic acids is 1. The van der Waals surface area contributed by atoms with Crippen LogP contribution in [0.15, 0.2) is 4.90 Å². The number of aromatic nitrogens is 1. The van der Waals surface area contributed by atoms with E-state index in [0.717, 1.165) is 0 Å². The number of halogens is 4. The highest BCUT2D eigenvalue weighted by atomic mass is 32.2. The summed E-state index contributed by atoms with van der Waals surface area (Å²) < 4.78 is 51.6. The van der Waals surface area contributed by atoms with E-state index in [2.05, 4.69) is 4.98 Å². The van der Waals surface area contributed by atoms with Gasteiger partial charge in [-0.15, -0.1) is 11.8 Å². The quantitative estimate of drug-likeness (QED) is 0.487. The number of carbonyl (C=O) groups is 1. The minimum absolute atomic E-state index is 0.0838. The minimum Gasteiger partial charge on any atom is -0.480 e. The van der Waals surface area contributed by atoms with E-state index in [-0.39, 0.29) is 11.8 Å². The third-order valence-electron chi connectivity index (χ3n) is 1.71. The lowest BCUT2D eigenvalue weighted by Gasteiger charge is -2.10. The molecular formula is C8H6F4N2O2S. The zero-order chi connectivity index (χ0) is 13.2. The Bertz CT molecular complexity index is 431. The Hall–Kier alpha value is -1.35. The first-order valence-electron chi connectivity index (χ1n) is 4.18. The second-order valence-corrected chi connectivity index (χ2v) is 4.04. The van der Waals surface area contributed by atoms with Gasteiger partial charge in [-0.05, 0) is 0 Å². The SMILES string of the molecule is NCC(Sc1c(F)c(F)nc(F)c1F)C(=O)O. The molecule has 0 fully saturated rings. The third kappa shape index (κ3) is 2.86. The van der Waals surface area contributed by atoms with Gasteiger partial charge in [0.05, 0.1) is 4.90 Å². The molecular weight excluding hydrogens is 264 g/mol. The third-order valence-corrected chi connectivity index (χ3v) is 2.98. The fourth-order valence-corrected chi connectivity index (χ4v) is 1.77. The van der Waals surface area contributed by atoms with Crippen LogP contribution < -0.4 is 5.73 Å². The first-order valence-corrected chi connectivity index (χ1v) is 5.06. The number of thioether (sulfide) groups is 1. The minimum atomic E-state index is -1.84. The molecule has 94 valence electrons. The average Bonchev–Trinajstić information content (AvgIpc) is 2.26. The van der Waals surface area contributed by atoms with Crippen LogP contribution in [0, 0.1) is 23.5 Å². The second-order valence-electron chi connectivity index (χ2n) is 2.83. The molecule has 1 unspecified atom stereocenters. The molecule has 1 atom stereocenters. The molecule has 0 amide bonds. The van der Waals surface area contributed by atoms with E-state index in [4.69, 9.17) is 10.8 Å². The average molecular weight is 270 g/mol. The van der Waals surface area contributed by atoms with Gasteiger partial charge in [0.25, 0.3) is 11.9 Å². The standard InChI is InChI=1S/C8H6F4N2O2S/c9-3-5(17-2(1-13)8(15)16)4(10)7(12)14-6(3)11/h2H,1,13H2,(H,15,16). The Kier molecular flexibility index (Phi) is 4.29. The molecule has 0 radical (unpaired) electrons. The van der Waals surface area contributed by atoms with Gasteiger partial charge in [-0.2, -0.15) is 13.8 Å². The summed E-state index contributed by atoms with van der Waals surface area (Å²) in [6.45, 7) is -0.454. The summed E-state index contributed by atoms with van der Waals surface area (Å²) in [5, 5.41) is 7.19. The zero-order valence-electron chi connectivity index (χ0n) is 8.08. The van der Waals surface area contributed by atoms with Crippen LogP contribution in [0.5, 0.6) is 0 Å². The molecule has 1 heterocycles. The van der Waals surface area contributed by atoms with Crippen LogP contribution in [0.4, 0.5) is 17.6 Å². The van der Waals surface area contributed by atoms with Gasteiger partial charge < -0.3 is 10.8 Å². The second kappa shape index (κ2) is 5.32. The van der Waals surface area contributed by atoms with Gasteiger partial charge in [0, 0.05) is 6.54 Å². The number of aliphatic carboxylic acids is 1. The van der Waals surface area contributed by atoms with Gasteiger partial charge >= 0.3 is 5.97 Å². The van der Waals surface area contributed by atoms with Gasteiger partial charge in [0.15, 0.2) is 11.6 Å². The Morgan fingerprint density at radius 1 is 1.29 bits per heavy atom. The van der Waals surface area contributed by atoms with Gasteiger partial charge in [-0.3, -0.25) is 4.79 Å². The monoisotopic (exact) mass is 270 g/mol. The van der Waals surface area contributed by atoms with Crippen LogP contribution in [0.3, 0.4) is 0 Å². The van der Waals surface area contributed by atoms with Crippen molar-refractivity contribution in [2.45, 2.75) is 10.1 Å². The lowest BCUT2D eigenvalue weighted by atomic mass is 10.4. The highest BCUT2D eigenvalue weighted by molar-refractivity contribution is 8.00. The Morgan fingerprint density at radius 2 is 1.76 bits per heavy atom. The van der Waals surface area contributed by atoms with Crippen molar-refractivity contribution in [1.29, 1.82) is 0 Å². The maximum atomic E-state index is 13.1. The number of pyridine rings is 1. The first kappa shape index (κ1) is 13.7. The summed E-state index contributed by atoms with van der Waals surface area (Å²) in [5.41, 5.74) is 5.05. The highest BCUT2D eigenvalue weighted by Crippen LogP contribution is 2.30. The van der Waals surface area contributed by atoms with E-state index in [0.29, 0.717) is 0 Å². The summed E-state index contributed by atoms with van der Waals surface area (Å²) >= 11 is 0.0838. The maximum absolute atomic E-state index is 13.1. The summed E-state index contributed by atoms with van der Waals surface area (Å²) in [5.74, 6) is -8.61. The van der Waals surface area contributed by atoms with E-state index in [1.165, 1.54) is 0 Å². The van der Waals surface area contributed by atoms with Crippen LogP contribution in [-0.2, 0) is 4.79 Å². The summed E-state index contributed by atoms with van der Waals surface area (Å²) in [6, 6.07) is 0. The molecule has 1 rings (SSSR count). The molecule has 0 saturated carbocycles. The number of nitrogens with zero attached hydrogens (tertiary/aromatic N) is 1. The van der Waals surface area contributed by atoms with Crippen LogP contribution in [0.2, 0.25) is 0 Å². The van der Waals surface area contributed by atoms with Crippen molar-refractivity contribution in [2.75, 3.05) is 6.54 Å². The largest absolute Gasteiger partial charge is 0.480 e. The van der Waals surface area contributed by atoms with Gasteiger partial charge in [-0.1, -0.05) is 0 Å². The number of rotatable bonds is 4. The summed E-state index contributed by atoms with van der Waals surface area (Å²) in [6.07, 6.45) is 0. The lowest BCUT2D eigenvalue weighted by molar-refractivity contribution is -0.136. The maximum Gasteiger partial charge on any atom is 0.318 e. The highest BCUT2D eigenvalue weighted by Gasteiger charge is 2.26. The van der Waals surface area contributed by atoms with Crippen molar-refractivity contribution in [2.24, 2.45) is 5.73 Å². The Balaban J connectivity index is 3.17. The van der Waals surface area contributed by atoms with Crippen molar-refractivity contribution < 1.29 is 27.5 Å². The molecule has 0 aliphatic rings. The molecule has 0 aromatic carbocycles. The van der Waals surface area contributed by atoms with Crippen molar-refractivity contribution in [3.05, 3.63) is 23.5 Å². The zero-order valence-corrected chi connectivity index (χ0v) is 8.90. The smallest absolute Gasteiger partial charge is 0.318 e. The van der Waals surface area contributed by atoms with Crippen molar-refractivity contribution in [1.82, 2.24) is 4.98 Å². The van der Waals surface area contributed by atoms with E-state index in [9.17, 15) is 22.4 Å². The molecule has 0 aliphatic heterocycles. The molecule has 0 aliphatic carbocycles. The summed E-state index contributed by atoms with van der Waals surface area (Å²) in [4.78, 5) is 11.8. The normalized spacial score (nSPS) is 12.5. The van der Waals surface area contributed by atoms with Crippen LogP contribution in [-0.4, -0.2) is 27.9 Å². The molecule has 0 bridgehead atoms. The number of nitrogens with two attached hydrogens (primary N) is 1. The molecule has 1 aromatic rings. The van der Waals surface area contributed by atoms with Crippen molar-refractivity contribution in [3.63, 3.8) is 0 Å². The summed E-state index contributed by atoms with van der Waals surface area (Å²) in [7, 11) is 0. The van der Waals surface area contributed by atoms with Gasteiger partial charge in [0.2, 0.25) is 0 Å². The molecule has 4 nitrogen and oxygen atoms in total. The Labute approximate surface area is 96.8 Å². The van der Waals surface area contributed by atoms with Crippen molar-refractivity contribution in [3.8, 4) is 0 Å². The number of hydrogen-bond acceptors (Lipinski definition) is 4. The fourth-order valence-electron chi connectivity index (χ4n) is 0.913. The van der Waals surface area contributed by atoms with E-state index >= 15 is 0 Å². The molecule has 17 heavy (non-hydrogen) atoms. The first-order chi connectivity index (χ1) is 7.88. The Morgan fingerprint density at radius 3 is 2.12 bits per heavy atom. The molecule has 9 heteroatoms. The fraction of sp³-hybridized carbons (Fsp3) is 0.250. The molecule has 3 N–H and O–H groups in total. The van der Waals surface area contributed by atoms with Crippen LogP contribution in [0.25, 0.3) is 0 Å². The predicted molar refractivity (Wildman–Crippen MR) is 50.4 cm³/mol. The van der Waals surface area contributed by atoms with E-state index in [1.54, 1.807) is 0 Å². The predicted octanol–water partition coefficient (Wildman–Crippen LogP) is 1.14.